The zero-order valence-electron chi connectivity index (χ0n) is 11.0. The molecule has 0 fully saturated rings. The van der Waals surface area contributed by atoms with Crippen LogP contribution in [0.3, 0.4) is 0 Å². The highest BCUT2D eigenvalue weighted by Crippen LogP contribution is 2.31. The number of hydrogen-bond acceptors (Lipinski definition) is 3. The zero-order valence-corrected chi connectivity index (χ0v) is 11.7. The zero-order chi connectivity index (χ0) is 14.1. The molecule has 0 aliphatic rings. The number of nitrogens with zero attached hydrogens (tertiary/aromatic N) is 3. The molecule has 0 spiro atoms. The van der Waals surface area contributed by atoms with Gasteiger partial charge < -0.3 is 5.11 Å². The first-order valence-corrected chi connectivity index (χ1v) is 6.83. The van der Waals surface area contributed by atoms with Gasteiger partial charge in [0.15, 0.2) is 0 Å². The molecule has 3 aromatic rings. The van der Waals surface area contributed by atoms with E-state index in [2.05, 4.69) is 10.1 Å². The number of hydrogen-bond donors (Lipinski definition) is 1. The van der Waals surface area contributed by atoms with Gasteiger partial charge in [0.2, 0.25) is 0 Å². The lowest BCUT2D eigenvalue weighted by Crippen LogP contribution is -2.10. The Kier molecular flexibility index (Phi) is 3.42. The minimum Gasteiger partial charge on any atom is -0.382 e. The normalized spacial score (nSPS) is 12.8. The van der Waals surface area contributed by atoms with Gasteiger partial charge in [-0.25, -0.2) is 0 Å². The van der Waals surface area contributed by atoms with E-state index in [1.165, 1.54) is 0 Å². The Morgan fingerprint density at radius 3 is 2.90 bits per heavy atom. The first kappa shape index (κ1) is 13.1. The van der Waals surface area contributed by atoms with Crippen LogP contribution in [0.1, 0.15) is 24.3 Å². The van der Waals surface area contributed by atoms with Crippen molar-refractivity contribution in [1.29, 1.82) is 0 Å². The predicted octanol–water partition coefficient (Wildman–Crippen LogP) is 3.19. The molecule has 0 aliphatic heterocycles. The van der Waals surface area contributed by atoms with Crippen LogP contribution in [0.2, 0.25) is 5.02 Å². The van der Waals surface area contributed by atoms with Crippen molar-refractivity contribution in [2.75, 3.05) is 0 Å². The van der Waals surface area contributed by atoms with Crippen molar-refractivity contribution in [3.05, 3.63) is 59.0 Å². The maximum Gasteiger partial charge on any atom is 0.123 e. The summed E-state index contributed by atoms with van der Waals surface area (Å²) in [4.78, 5) is 4.30. The number of aliphatic hydroxyl groups is 1. The number of aryl methyl sites for hydroxylation is 1. The summed E-state index contributed by atoms with van der Waals surface area (Å²) in [6.45, 7) is 2.62. The van der Waals surface area contributed by atoms with Gasteiger partial charge in [-0.1, -0.05) is 29.8 Å². The second-order valence-electron chi connectivity index (χ2n) is 4.51. The average molecular weight is 288 g/mol. The van der Waals surface area contributed by atoms with E-state index in [1.807, 2.05) is 37.3 Å². The number of pyridine rings is 1. The fourth-order valence-corrected chi connectivity index (χ4v) is 2.64. The lowest BCUT2D eigenvalue weighted by Gasteiger charge is -2.15. The quantitative estimate of drug-likeness (QED) is 0.805. The first-order chi connectivity index (χ1) is 9.72. The van der Waals surface area contributed by atoms with Crippen LogP contribution in [0, 0.1) is 0 Å². The molecule has 0 amide bonds. The summed E-state index contributed by atoms with van der Waals surface area (Å²) in [6.07, 6.45) is 2.44. The molecule has 0 bridgehead atoms. The summed E-state index contributed by atoms with van der Waals surface area (Å²) in [6, 6.07) is 9.54. The fourth-order valence-electron chi connectivity index (χ4n) is 2.40. The van der Waals surface area contributed by atoms with Crippen molar-refractivity contribution in [2.45, 2.75) is 19.6 Å². The van der Waals surface area contributed by atoms with Gasteiger partial charge in [0.1, 0.15) is 6.10 Å². The van der Waals surface area contributed by atoms with Gasteiger partial charge in [-0.15, -0.1) is 0 Å². The summed E-state index contributed by atoms with van der Waals surface area (Å²) < 4.78 is 1.71. The number of rotatable bonds is 3. The maximum atomic E-state index is 10.7. The van der Waals surface area contributed by atoms with E-state index in [0.717, 1.165) is 16.5 Å². The second kappa shape index (κ2) is 5.23. The number of aromatic nitrogens is 3. The highest BCUT2D eigenvalue weighted by molar-refractivity contribution is 6.31. The van der Waals surface area contributed by atoms with Crippen LogP contribution in [-0.4, -0.2) is 19.9 Å². The van der Waals surface area contributed by atoms with Gasteiger partial charge in [0.05, 0.1) is 22.4 Å². The molecular weight excluding hydrogens is 274 g/mol. The monoisotopic (exact) mass is 287 g/mol. The van der Waals surface area contributed by atoms with E-state index in [-0.39, 0.29) is 0 Å². The Hall–Kier alpha value is -1.91. The van der Waals surface area contributed by atoms with Crippen molar-refractivity contribution < 1.29 is 5.11 Å². The van der Waals surface area contributed by atoms with E-state index >= 15 is 0 Å². The molecule has 0 saturated heterocycles. The third-order valence-electron chi connectivity index (χ3n) is 3.37. The summed E-state index contributed by atoms with van der Waals surface area (Å²) in [5.74, 6) is 0. The van der Waals surface area contributed by atoms with Crippen molar-refractivity contribution in [3.63, 3.8) is 0 Å². The van der Waals surface area contributed by atoms with Crippen LogP contribution >= 0.6 is 11.6 Å². The minimum atomic E-state index is -0.821. The van der Waals surface area contributed by atoms with Gasteiger partial charge >= 0.3 is 0 Å². The van der Waals surface area contributed by atoms with Gasteiger partial charge in [-0.05, 0) is 24.6 Å². The third kappa shape index (κ3) is 2.07. The van der Waals surface area contributed by atoms with Crippen molar-refractivity contribution >= 4 is 22.5 Å². The number of halogens is 1. The largest absolute Gasteiger partial charge is 0.382 e. The Morgan fingerprint density at radius 1 is 1.30 bits per heavy atom. The minimum absolute atomic E-state index is 0.472. The van der Waals surface area contributed by atoms with Crippen LogP contribution in [-0.2, 0) is 6.54 Å². The molecule has 1 unspecified atom stereocenters. The fraction of sp³-hybridized carbons (Fsp3) is 0.200. The molecule has 2 heterocycles. The van der Waals surface area contributed by atoms with Crippen LogP contribution in [0.5, 0.6) is 0 Å². The molecule has 2 aromatic heterocycles. The lowest BCUT2D eigenvalue weighted by atomic mass is 10.0. The highest BCUT2D eigenvalue weighted by atomic mass is 35.5. The van der Waals surface area contributed by atoms with Crippen molar-refractivity contribution in [3.8, 4) is 0 Å². The molecule has 1 atom stereocenters. The van der Waals surface area contributed by atoms with Crippen molar-refractivity contribution in [2.24, 2.45) is 0 Å². The van der Waals surface area contributed by atoms with Crippen LogP contribution in [0.25, 0.3) is 10.9 Å². The highest BCUT2D eigenvalue weighted by Gasteiger charge is 2.21. The maximum absolute atomic E-state index is 10.7. The molecule has 0 aliphatic carbocycles. The summed E-state index contributed by atoms with van der Waals surface area (Å²) >= 11 is 6.16. The van der Waals surface area contributed by atoms with E-state index < -0.39 is 6.10 Å². The smallest absolute Gasteiger partial charge is 0.123 e. The molecule has 0 radical (unpaired) electrons. The molecule has 1 N–H and O–H groups in total. The first-order valence-electron chi connectivity index (χ1n) is 6.45. The molecule has 0 saturated carbocycles. The molecule has 1 aromatic carbocycles. The molecule has 3 rings (SSSR count). The number of aliphatic hydroxyl groups excluding tert-OH is 1. The Labute approximate surface area is 121 Å². The van der Waals surface area contributed by atoms with E-state index in [1.54, 1.807) is 17.1 Å². The van der Waals surface area contributed by atoms with Crippen molar-refractivity contribution in [1.82, 2.24) is 14.8 Å². The second-order valence-corrected chi connectivity index (χ2v) is 4.92. The van der Waals surface area contributed by atoms with Gasteiger partial charge in [-0.2, -0.15) is 5.10 Å². The number of fused-ring (bicyclic) bond motifs is 1. The molecule has 20 heavy (non-hydrogen) atoms. The Morgan fingerprint density at radius 2 is 2.10 bits per heavy atom. The average Bonchev–Trinajstić information content (AvgIpc) is 2.87. The molecule has 5 heteroatoms. The summed E-state index contributed by atoms with van der Waals surface area (Å²) in [7, 11) is 0. The lowest BCUT2D eigenvalue weighted by molar-refractivity contribution is 0.209. The Balaban J connectivity index is 2.17. The van der Waals surface area contributed by atoms with Crippen LogP contribution in [0.15, 0.2) is 42.7 Å². The van der Waals surface area contributed by atoms with Crippen LogP contribution in [0.4, 0.5) is 0 Å². The molecule has 4 nitrogen and oxygen atoms in total. The summed E-state index contributed by atoms with van der Waals surface area (Å²) in [5.41, 5.74) is 2.25. The molecular formula is C15H14ClN3O. The number of para-hydroxylation sites is 1. The summed E-state index contributed by atoms with van der Waals surface area (Å²) in [5, 5.41) is 16.3. The van der Waals surface area contributed by atoms with Gasteiger partial charge in [0, 0.05) is 18.1 Å². The topological polar surface area (TPSA) is 50.9 Å². The SMILES string of the molecule is CCn1ncc(Cl)c1C(O)c1ccnc2ccccc12. The number of benzene rings is 1. The van der Waals surface area contributed by atoms with Gasteiger partial charge in [0.25, 0.3) is 0 Å². The molecule has 102 valence electrons. The van der Waals surface area contributed by atoms with Gasteiger partial charge in [-0.3, -0.25) is 9.67 Å². The van der Waals surface area contributed by atoms with E-state index in [4.69, 9.17) is 11.6 Å². The standard InChI is InChI=1S/C15H14ClN3O/c1-2-19-14(12(16)9-18-19)15(20)11-7-8-17-13-6-4-3-5-10(11)13/h3-9,15,20H,2H2,1H3. The van der Waals surface area contributed by atoms with E-state index in [0.29, 0.717) is 17.3 Å². The predicted molar refractivity (Wildman–Crippen MR) is 78.7 cm³/mol. The Bertz CT molecular complexity index is 748. The van der Waals surface area contributed by atoms with Crippen LogP contribution < -0.4 is 0 Å². The third-order valence-corrected chi connectivity index (χ3v) is 3.66. The van der Waals surface area contributed by atoms with E-state index in [9.17, 15) is 5.11 Å².